The van der Waals surface area contributed by atoms with Crippen LogP contribution < -0.4 is 0 Å². The molecular formula is C29H45NO3. The third-order valence-corrected chi connectivity index (χ3v) is 9.51. The third-order valence-electron chi connectivity index (χ3n) is 9.51. The van der Waals surface area contributed by atoms with Gasteiger partial charge < -0.3 is 15.1 Å². The molecule has 0 aromatic carbocycles. The molecule has 4 fully saturated rings. The second kappa shape index (κ2) is 10.5. The zero-order chi connectivity index (χ0) is 23.6. The minimum atomic E-state index is -0.626. The van der Waals surface area contributed by atoms with E-state index in [1.807, 2.05) is 0 Å². The number of hydrogen-bond donors (Lipinski definition) is 2. The number of hydrogen-bond acceptors (Lipinski definition) is 3. The van der Waals surface area contributed by atoms with E-state index in [-0.39, 0.29) is 0 Å². The van der Waals surface area contributed by atoms with Gasteiger partial charge in [0.2, 0.25) is 5.91 Å². The third kappa shape index (κ3) is 5.32. The molecule has 6 atom stereocenters. The van der Waals surface area contributed by atoms with Crippen LogP contribution in [0.1, 0.15) is 90.9 Å². The molecule has 4 nitrogen and oxygen atoms in total. The number of piperidine rings is 1. The van der Waals surface area contributed by atoms with Gasteiger partial charge in [0.15, 0.2) is 0 Å². The molecule has 3 aliphatic carbocycles. The molecule has 4 rings (SSSR count). The topological polar surface area (TPSA) is 60.8 Å². The van der Waals surface area contributed by atoms with Crippen molar-refractivity contribution in [2.45, 2.75) is 103 Å². The van der Waals surface area contributed by atoms with E-state index >= 15 is 0 Å². The highest BCUT2D eigenvalue weighted by molar-refractivity contribution is 5.76. The number of aliphatic hydroxyl groups excluding tert-OH is 2. The minimum absolute atomic E-state index is 0.318. The summed E-state index contributed by atoms with van der Waals surface area (Å²) in [6.07, 6.45) is 15.8. The number of aliphatic hydroxyl groups is 2. The molecule has 6 unspecified atom stereocenters. The predicted octanol–water partition coefficient (Wildman–Crippen LogP) is 5.56. The SMILES string of the molecule is C=C1C(=CC=C2CCCC3(C)C2CCC3C(C)CCC(=O)N2CCCCC2)CC(O)CC1O. The molecule has 0 aromatic rings. The number of allylic oxidation sites excluding steroid dienone is 3. The maximum absolute atomic E-state index is 12.7. The molecule has 4 heteroatoms. The lowest BCUT2D eigenvalue weighted by Gasteiger charge is -2.44. The van der Waals surface area contributed by atoms with E-state index in [9.17, 15) is 15.0 Å². The number of amides is 1. The van der Waals surface area contributed by atoms with Crippen molar-refractivity contribution in [2.24, 2.45) is 23.2 Å². The Bertz CT molecular complexity index is 793. The standard InChI is InChI=1S/C29H45NO3/c1-20(9-14-28(33)30-16-5-4-6-17-30)25-12-13-26-22(8-7-15-29(25,26)3)10-11-23-18-24(31)19-27(32)21(23)2/h10-11,20,24-27,31-32H,2,4-9,12-19H2,1,3H3. The monoisotopic (exact) mass is 455 g/mol. The summed E-state index contributed by atoms with van der Waals surface area (Å²) >= 11 is 0. The fourth-order valence-electron chi connectivity index (χ4n) is 7.53. The smallest absolute Gasteiger partial charge is 0.222 e. The maximum atomic E-state index is 12.7. The van der Waals surface area contributed by atoms with Gasteiger partial charge in [-0.2, -0.15) is 0 Å². The molecule has 0 radical (unpaired) electrons. The second-order valence-corrected chi connectivity index (χ2v) is 11.6. The van der Waals surface area contributed by atoms with E-state index in [0.717, 1.165) is 37.1 Å². The first-order valence-corrected chi connectivity index (χ1v) is 13.5. The quantitative estimate of drug-likeness (QED) is 0.571. The van der Waals surface area contributed by atoms with E-state index in [1.54, 1.807) is 0 Å². The van der Waals surface area contributed by atoms with Crippen molar-refractivity contribution in [3.8, 4) is 0 Å². The van der Waals surface area contributed by atoms with Gasteiger partial charge in [0.1, 0.15) is 0 Å². The summed E-state index contributed by atoms with van der Waals surface area (Å²) < 4.78 is 0. The van der Waals surface area contributed by atoms with Crippen molar-refractivity contribution < 1.29 is 15.0 Å². The molecule has 184 valence electrons. The minimum Gasteiger partial charge on any atom is -0.393 e. The lowest BCUT2D eigenvalue weighted by Crippen LogP contribution is -2.37. The summed E-state index contributed by atoms with van der Waals surface area (Å²) in [5, 5.41) is 20.2. The van der Waals surface area contributed by atoms with Crippen LogP contribution in [0.4, 0.5) is 0 Å². The molecule has 2 N–H and O–H groups in total. The van der Waals surface area contributed by atoms with Crippen LogP contribution in [0.3, 0.4) is 0 Å². The van der Waals surface area contributed by atoms with Crippen molar-refractivity contribution in [1.82, 2.24) is 4.90 Å². The normalized spacial score (nSPS) is 38.5. The highest BCUT2D eigenvalue weighted by atomic mass is 16.3. The highest BCUT2D eigenvalue weighted by Crippen LogP contribution is 2.59. The molecule has 0 aromatic heterocycles. The fourth-order valence-corrected chi connectivity index (χ4v) is 7.53. The summed E-state index contributed by atoms with van der Waals surface area (Å²) in [5.41, 5.74) is 3.63. The fraction of sp³-hybridized carbons (Fsp3) is 0.759. The molecule has 33 heavy (non-hydrogen) atoms. The van der Waals surface area contributed by atoms with Crippen LogP contribution in [0.15, 0.2) is 35.5 Å². The summed E-state index contributed by atoms with van der Waals surface area (Å²) in [5.74, 6) is 2.24. The van der Waals surface area contributed by atoms with E-state index in [4.69, 9.17) is 0 Å². The number of rotatable bonds is 5. The lowest BCUT2D eigenvalue weighted by atomic mass is 9.60. The van der Waals surface area contributed by atoms with Gasteiger partial charge in [0, 0.05) is 25.9 Å². The predicted molar refractivity (Wildman–Crippen MR) is 134 cm³/mol. The van der Waals surface area contributed by atoms with E-state index in [0.29, 0.717) is 48.3 Å². The Kier molecular flexibility index (Phi) is 7.85. The van der Waals surface area contributed by atoms with Crippen LogP contribution in [0.5, 0.6) is 0 Å². The molecule has 1 heterocycles. The van der Waals surface area contributed by atoms with Crippen molar-refractivity contribution in [3.63, 3.8) is 0 Å². The van der Waals surface area contributed by atoms with Crippen LogP contribution >= 0.6 is 0 Å². The average Bonchev–Trinajstić information content (AvgIpc) is 3.16. The number of fused-ring (bicyclic) bond motifs is 1. The molecule has 0 bridgehead atoms. The molecule has 1 amide bonds. The largest absolute Gasteiger partial charge is 0.393 e. The second-order valence-electron chi connectivity index (χ2n) is 11.6. The lowest BCUT2D eigenvalue weighted by molar-refractivity contribution is -0.132. The Labute approximate surface area is 200 Å². The first-order chi connectivity index (χ1) is 15.8. The van der Waals surface area contributed by atoms with Gasteiger partial charge >= 0.3 is 0 Å². The number of likely N-dealkylation sites (tertiary alicyclic amines) is 1. The van der Waals surface area contributed by atoms with Crippen LogP contribution in [0.2, 0.25) is 0 Å². The molecule has 1 aliphatic heterocycles. The Hall–Kier alpha value is -1.39. The number of carbonyl (C=O) groups excluding carboxylic acids is 1. The van der Waals surface area contributed by atoms with Crippen LogP contribution in [-0.2, 0) is 4.79 Å². The van der Waals surface area contributed by atoms with Crippen LogP contribution in [0, 0.1) is 23.2 Å². The van der Waals surface area contributed by atoms with E-state index < -0.39 is 12.2 Å². The summed E-state index contributed by atoms with van der Waals surface area (Å²) in [6.45, 7) is 10.9. The van der Waals surface area contributed by atoms with Gasteiger partial charge in [-0.05, 0) is 98.5 Å². The molecule has 0 spiro atoms. The summed E-state index contributed by atoms with van der Waals surface area (Å²) in [4.78, 5) is 14.8. The van der Waals surface area contributed by atoms with Gasteiger partial charge in [-0.1, -0.05) is 38.2 Å². The van der Waals surface area contributed by atoms with Crippen molar-refractivity contribution in [3.05, 3.63) is 35.5 Å². The average molecular weight is 456 g/mol. The van der Waals surface area contributed by atoms with Crippen molar-refractivity contribution in [2.75, 3.05) is 13.1 Å². The Morgan fingerprint density at radius 3 is 2.70 bits per heavy atom. The van der Waals surface area contributed by atoms with Gasteiger partial charge in [0.05, 0.1) is 12.2 Å². The zero-order valence-corrected chi connectivity index (χ0v) is 20.9. The highest BCUT2D eigenvalue weighted by Gasteiger charge is 2.50. The van der Waals surface area contributed by atoms with Gasteiger partial charge in [-0.25, -0.2) is 0 Å². The van der Waals surface area contributed by atoms with Gasteiger partial charge in [0.25, 0.3) is 0 Å². The van der Waals surface area contributed by atoms with Crippen LogP contribution in [-0.4, -0.2) is 46.3 Å². The van der Waals surface area contributed by atoms with Crippen molar-refractivity contribution in [1.29, 1.82) is 0 Å². The first kappa shape index (κ1) is 24.7. The first-order valence-electron chi connectivity index (χ1n) is 13.5. The molecular weight excluding hydrogens is 410 g/mol. The summed E-state index contributed by atoms with van der Waals surface area (Å²) in [6, 6.07) is 0. The molecule has 3 saturated carbocycles. The van der Waals surface area contributed by atoms with Gasteiger partial charge in [-0.3, -0.25) is 4.79 Å². The Morgan fingerprint density at radius 2 is 1.94 bits per heavy atom. The zero-order valence-electron chi connectivity index (χ0n) is 20.9. The number of carbonyl (C=O) groups is 1. The number of nitrogens with zero attached hydrogens (tertiary/aromatic N) is 1. The molecule has 1 saturated heterocycles. The summed E-state index contributed by atoms with van der Waals surface area (Å²) in [7, 11) is 0. The van der Waals surface area contributed by atoms with Crippen molar-refractivity contribution >= 4 is 5.91 Å². The van der Waals surface area contributed by atoms with Crippen LogP contribution in [0.25, 0.3) is 0 Å². The Morgan fingerprint density at radius 1 is 1.18 bits per heavy atom. The van der Waals surface area contributed by atoms with E-state index in [2.05, 4.69) is 37.5 Å². The van der Waals surface area contributed by atoms with E-state index in [1.165, 1.54) is 50.5 Å². The molecule has 4 aliphatic rings. The maximum Gasteiger partial charge on any atom is 0.222 e. The van der Waals surface area contributed by atoms with Gasteiger partial charge in [-0.15, -0.1) is 0 Å². The Balaban J connectivity index is 1.40.